The second-order valence-corrected chi connectivity index (χ2v) is 6.93. The molecule has 2 amide bonds. The van der Waals surface area contributed by atoms with Crippen LogP contribution in [0.1, 0.15) is 37.7 Å². The molecule has 6 nitrogen and oxygen atoms in total. The minimum Gasteiger partial charge on any atom is -0.383 e. The van der Waals surface area contributed by atoms with E-state index in [4.69, 9.17) is 4.74 Å². The maximum Gasteiger partial charge on any atom is 0.248 e. The van der Waals surface area contributed by atoms with Crippen LogP contribution in [0.25, 0.3) is 0 Å². The first-order valence-electron chi connectivity index (χ1n) is 9.15. The van der Waals surface area contributed by atoms with Crippen molar-refractivity contribution < 1.29 is 14.3 Å². The van der Waals surface area contributed by atoms with Crippen LogP contribution in [-0.4, -0.2) is 65.5 Å². The summed E-state index contributed by atoms with van der Waals surface area (Å²) in [6.07, 6.45) is 8.05. The lowest BCUT2D eigenvalue weighted by Crippen LogP contribution is -2.61. The van der Waals surface area contributed by atoms with E-state index in [-0.39, 0.29) is 11.8 Å². The summed E-state index contributed by atoms with van der Waals surface area (Å²) < 4.78 is 5.13. The summed E-state index contributed by atoms with van der Waals surface area (Å²) in [7, 11) is 1.65. The largest absolute Gasteiger partial charge is 0.383 e. The summed E-state index contributed by atoms with van der Waals surface area (Å²) in [6, 6.07) is 3.87. The van der Waals surface area contributed by atoms with Gasteiger partial charge in [-0.3, -0.25) is 14.6 Å². The van der Waals surface area contributed by atoms with E-state index in [0.717, 1.165) is 37.8 Å². The summed E-state index contributed by atoms with van der Waals surface area (Å²) in [5.74, 6) is 0.200. The van der Waals surface area contributed by atoms with Crippen LogP contribution in [0.2, 0.25) is 0 Å². The molecule has 0 bridgehead atoms. The van der Waals surface area contributed by atoms with Gasteiger partial charge in [-0.25, -0.2) is 0 Å². The molecule has 0 aliphatic carbocycles. The molecule has 3 heterocycles. The number of carbonyl (C=O) groups excluding carboxylic acids is 2. The normalized spacial score (nSPS) is 23.5. The van der Waals surface area contributed by atoms with Gasteiger partial charge >= 0.3 is 0 Å². The molecular weight excluding hydrogens is 318 g/mol. The van der Waals surface area contributed by atoms with Crippen LogP contribution in [0.4, 0.5) is 0 Å². The highest BCUT2D eigenvalue weighted by atomic mass is 16.5. The molecule has 2 aliphatic heterocycles. The van der Waals surface area contributed by atoms with Gasteiger partial charge in [-0.2, -0.15) is 0 Å². The van der Waals surface area contributed by atoms with Gasteiger partial charge in [0.2, 0.25) is 11.8 Å². The van der Waals surface area contributed by atoms with Crippen molar-refractivity contribution in [3.8, 4) is 0 Å². The Morgan fingerprint density at radius 1 is 1.32 bits per heavy atom. The lowest BCUT2D eigenvalue weighted by molar-refractivity contribution is -0.155. The first-order valence-corrected chi connectivity index (χ1v) is 9.15. The van der Waals surface area contributed by atoms with E-state index in [2.05, 4.69) is 4.98 Å². The fraction of sp³-hybridized carbons (Fsp3) is 0.632. The molecule has 0 aromatic carbocycles. The summed E-state index contributed by atoms with van der Waals surface area (Å²) in [6.45, 7) is 2.60. The van der Waals surface area contributed by atoms with E-state index in [1.807, 2.05) is 21.9 Å². The molecule has 1 spiro atoms. The maximum atomic E-state index is 13.1. The van der Waals surface area contributed by atoms with Crippen molar-refractivity contribution >= 4 is 11.8 Å². The van der Waals surface area contributed by atoms with Gasteiger partial charge in [0.25, 0.3) is 0 Å². The van der Waals surface area contributed by atoms with E-state index < -0.39 is 5.54 Å². The van der Waals surface area contributed by atoms with Crippen molar-refractivity contribution in [2.45, 2.75) is 44.1 Å². The van der Waals surface area contributed by atoms with Gasteiger partial charge in [-0.1, -0.05) is 6.07 Å². The Morgan fingerprint density at radius 2 is 2.12 bits per heavy atom. The van der Waals surface area contributed by atoms with Crippen LogP contribution in [-0.2, 0) is 20.7 Å². The van der Waals surface area contributed by atoms with E-state index >= 15 is 0 Å². The molecule has 136 valence electrons. The van der Waals surface area contributed by atoms with Crippen LogP contribution in [0.5, 0.6) is 0 Å². The number of piperidine rings is 1. The monoisotopic (exact) mass is 345 g/mol. The number of pyridine rings is 1. The summed E-state index contributed by atoms with van der Waals surface area (Å²) in [4.78, 5) is 33.8. The number of carbonyl (C=O) groups is 2. The molecule has 3 rings (SSSR count). The molecule has 2 aliphatic rings. The quantitative estimate of drug-likeness (QED) is 0.786. The predicted octanol–water partition coefficient (Wildman–Crippen LogP) is 1.64. The van der Waals surface area contributed by atoms with Crippen LogP contribution < -0.4 is 0 Å². The minimum atomic E-state index is -0.613. The third-order valence-corrected chi connectivity index (χ3v) is 5.41. The van der Waals surface area contributed by atoms with Gasteiger partial charge < -0.3 is 14.5 Å². The molecule has 1 unspecified atom stereocenters. The van der Waals surface area contributed by atoms with Gasteiger partial charge in [0.1, 0.15) is 5.54 Å². The maximum absolute atomic E-state index is 13.1. The Kier molecular flexibility index (Phi) is 5.68. The Morgan fingerprint density at radius 3 is 2.84 bits per heavy atom. The Bertz CT molecular complexity index is 607. The number of amides is 2. The van der Waals surface area contributed by atoms with Crippen molar-refractivity contribution in [2.75, 3.05) is 33.4 Å². The molecule has 0 N–H and O–H groups in total. The van der Waals surface area contributed by atoms with Crippen molar-refractivity contribution in [2.24, 2.45) is 0 Å². The number of aromatic nitrogens is 1. The summed E-state index contributed by atoms with van der Waals surface area (Å²) >= 11 is 0. The molecule has 25 heavy (non-hydrogen) atoms. The third-order valence-electron chi connectivity index (χ3n) is 5.41. The van der Waals surface area contributed by atoms with Crippen molar-refractivity contribution in [3.05, 3.63) is 30.1 Å². The van der Waals surface area contributed by atoms with Crippen LogP contribution >= 0.6 is 0 Å². The number of hydrogen-bond acceptors (Lipinski definition) is 4. The average Bonchev–Trinajstić information content (AvgIpc) is 3.06. The van der Waals surface area contributed by atoms with Crippen LogP contribution in [0.3, 0.4) is 0 Å². The minimum absolute atomic E-state index is 0.0864. The first kappa shape index (κ1) is 17.9. The highest BCUT2D eigenvalue weighted by Gasteiger charge is 2.52. The van der Waals surface area contributed by atoms with E-state index in [1.54, 1.807) is 19.5 Å². The Balaban J connectivity index is 1.68. The van der Waals surface area contributed by atoms with Crippen LogP contribution in [0, 0.1) is 0 Å². The number of likely N-dealkylation sites (tertiary alicyclic amines) is 2. The summed E-state index contributed by atoms with van der Waals surface area (Å²) in [5.41, 5.74) is 0.443. The highest BCUT2D eigenvalue weighted by molar-refractivity contribution is 5.92. The number of ether oxygens (including phenoxy) is 1. The van der Waals surface area contributed by atoms with E-state index in [1.165, 1.54) is 0 Å². The Hall–Kier alpha value is -1.95. The zero-order chi connectivity index (χ0) is 17.7. The number of hydrogen-bond donors (Lipinski definition) is 0. The van der Waals surface area contributed by atoms with E-state index in [0.29, 0.717) is 32.5 Å². The molecule has 1 aromatic rings. The van der Waals surface area contributed by atoms with Crippen LogP contribution in [0.15, 0.2) is 24.5 Å². The Labute approximate surface area is 149 Å². The smallest absolute Gasteiger partial charge is 0.248 e. The fourth-order valence-electron chi connectivity index (χ4n) is 4.14. The van der Waals surface area contributed by atoms with Gasteiger partial charge in [-0.05, 0) is 43.7 Å². The highest BCUT2D eigenvalue weighted by Crippen LogP contribution is 2.38. The molecule has 0 radical (unpaired) electrons. The number of aryl methyl sites for hydroxylation is 1. The molecule has 2 fully saturated rings. The van der Waals surface area contributed by atoms with E-state index in [9.17, 15) is 9.59 Å². The van der Waals surface area contributed by atoms with Crippen molar-refractivity contribution in [1.82, 2.24) is 14.8 Å². The van der Waals surface area contributed by atoms with Crippen molar-refractivity contribution in [1.29, 1.82) is 0 Å². The van der Waals surface area contributed by atoms with Gasteiger partial charge in [0.15, 0.2) is 0 Å². The third kappa shape index (κ3) is 3.68. The summed E-state index contributed by atoms with van der Waals surface area (Å²) in [5, 5.41) is 0. The number of rotatable bonds is 6. The lowest BCUT2D eigenvalue weighted by Gasteiger charge is -2.44. The number of nitrogens with zero attached hydrogens (tertiary/aromatic N) is 3. The fourth-order valence-corrected chi connectivity index (χ4v) is 4.14. The average molecular weight is 345 g/mol. The van der Waals surface area contributed by atoms with Crippen molar-refractivity contribution in [3.63, 3.8) is 0 Å². The topological polar surface area (TPSA) is 62.7 Å². The molecular formula is C19H27N3O3. The predicted molar refractivity (Wildman–Crippen MR) is 93.9 cm³/mol. The van der Waals surface area contributed by atoms with Gasteiger partial charge in [-0.15, -0.1) is 0 Å². The zero-order valence-corrected chi connectivity index (χ0v) is 14.9. The first-order chi connectivity index (χ1) is 12.2. The molecule has 0 saturated carbocycles. The second-order valence-electron chi connectivity index (χ2n) is 6.93. The van der Waals surface area contributed by atoms with Gasteiger partial charge in [0, 0.05) is 45.6 Å². The molecule has 1 atom stereocenters. The number of methoxy groups -OCH3 is 1. The zero-order valence-electron chi connectivity index (χ0n) is 14.9. The standard InChI is InChI=1S/C19H27N3O3/c1-25-14-13-21-11-3-8-19(18(21)24)9-4-12-22(19)17(23)7-6-16-5-2-10-20-15-16/h2,5,10,15H,3-4,6-9,11-14H2,1H3. The molecule has 1 aromatic heterocycles. The molecule has 2 saturated heterocycles. The lowest BCUT2D eigenvalue weighted by atomic mass is 9.85. The second kappa shape index (κ2) is 7.95. The van der Waals surface area contributed by atoms with Gasteiger partial charge in [0.05, 0.1) is 6.61 Å². The SMILES string of the molecule is COCCN1CCCC2(CCCN2C(=O)CCc2cccnc2)C1=O. The molecule has 6 heteroatoms.